The van der Waals surface area contributed by atoms with Gasteiger partial charge in [-0.25, -0.2) is 0 Å². The van der Waals surface area contributed by atoms with Crippen molar-refractivity contribution in [2.24, 2.45) is 0 Å². The molecule has 21 heavy (non-hydrogen) atoms. The summed E-state index contributed by atoms with van der Waals surface area (Å²) in [4.78, 5) is 25.3. The molecule has 0 aliphatic carbocycles. The number of non-ortho nitro benzene ring substituents is 1. The molecule has 0 radical (unpaired) electrons. The van der Waals surface area contributed by atoms with Crippen LogP contribution >= 0.6 is 12.2 Å². The first-order valence-electron chi connectivity index (χ1n) is 6.53. The van der Waals surface area contributed by atoms with Crippen LogP contribution in [0.2, 0.25) is 0 Å². The molecule has 1 N–H and O–H groups in total. The number of carbonyl (C=O) groups excluding carboxylic acids is 1. The number of hydrogen-bond donors (Lipinski definition) is 1. The molecule has 0 atom stereocenters. The molecule has 1 aliphatic rings. The summed E-state index contributed by atoms with van der Waals surface area (Å²) in [5.41, 5.74) is 1.04. The summed E-state index contributed by atoms with van der Waals surface area (Å²) >= 11 is 5.15. The van der Waals surface area contributed by atoms with Gasteiger partial charge < -0.3 is 15.1 Å². The van der Waals surface area contributed by atoms with E-state index in [4.69, 9.17) is 12.2 Å². The van der Waals surface area contributed by atoms with E-state index >= 15 is 0 Å². The summed E-state index contributed by atoms with van der Waals surface area (Å²) < 4.78 is 0. The zero-order valence-corrected chi connectivity index (χ0v) is 12.4. The Kier molecular flexibility index (Phi) is 4.69. The van der Waals surface area contributed by atoms with Crippen LogP contribution in [0.4, 0.5) is 11.4 Å². The zero-order valence-electron chi connectivity index (χ0n) is 11.6. The van der Waals surface area contributed by atoms with Crippen molar-refractivity contribution in [1.29, 1.82) is 0 Å². The molecule has 2 rings (SSSR count). The molecule has 0 saturated carbocycles. The predicted octanol–water partition coefficient (Wildman–Crippen LogP) is 1.14. The first-order chi connectivity index (χ1) is 9.97. The fourth-order valence-corrected chi connectivity index (χ4v) is 2.51. The summed E-state index contributed by atoms with van der Waals surface area (Å²) in [5.74, 6) is -0.169. The highest BCUT2D eigenvalue weighted by molar-refractivity contribution is 7.80. The third-order valence-electron chi connectivity index (χ3n) is 3.28. The van der Waals surface area contributed by atoms with Crippen molar-refractivity contribution >= 4 is 34.6 Å². The van der Waals surface area contributed by atoms with Crippen LogP contribution in [0.15, 0.2) is 24.3 Å². The van der Waals surface area contributed by atoms with Gasteiger partial charge in [0.2, 0.25) is 5.91 Å². The normalized spacial score (nSPS) is 14.7. The molecule has 1 aliphatic heterocycles. The van der Waals surface area contributed by atoms with Crippen molar-refractivity contribution in [2.75, 3.05) is 31.1 Å². The van der Waals surface area contributed by atoms with Crippen molar-refractivity contribution in [1.82, 2.24) is 10.2 Å². The van der Waals surface area contributed by atoms with Gasteiger partial charge in [-0.05, 0) is 24.4 Å². The van der Waals surface area contributed by atoms with Crippen molar-refractivity contribution in [3.8, 4) is 0 Å². The topological polar surface area (TPSA) is 78.7 Å². The van der Waals surface area contributed by atoms with Gasteiger partial charge in [0.05, 0.1) is 4.92 Å². The van der Waals surface area contributed by atoms with Gasteiger partial charge in [-0.3, -0.25) is 14.9 Å². The number of nitrogens with zero attached hydrogens (tertiary/aromatic N) is 3. The molecule has 8 heteroatoms. The fourth-order valence-electron chi connectivity index (χ4n) is 2.18. The minimum Gasteiger partial charge on any atom is -0.368 e. The lowest BCUT2D eigenvalue weighted by molar-refractivity contribution is -0.384. The Morgan fingerprint density at radius 3 is 2.29 bits per heavy atom. The second-order valence-corrected chi connectivity index (χ2v) is 5.12. The lowest BCUT2D eigenvalue weighted by Gasteiger charge is -2.37. The molecular formula is C13H16N4O3S. The number of carbonyl (C=O) groups is 1. The predicted molar refractivity (Wildman–Crippen MR) is 83.3 cm³/mol. The summed E-state index contributed by atoms with van der Waals surface area (Å²) in [6, 6.07) is 6.51. The van der Waals surface area contributed by atoms with Crippen molar-refractivity contribution in [3.05, 3.63) is 34.4 Å². The molecule has 7 nitrogen and oxygen atoms in total. The number of nitrogens with one attached hydrogen (secondary N) is 1. The fraction of sp³-hybridized carbons (Fsp3) is 0.385. The van der Waals surface area contributed by atoms with Crippen LogP contribution in [0.25, 0.3) is 0 Å². The second-order valence-electron chi connectivity index (χ2n) is 4.73. The van der Waals surface area contributed by atoms with Crippen LogP contribution < -0.4 is 10.2 Å². The Hall–Kier alpha value is -2.22. The van der Waals surface area contributed by atoms with Gasteiger partial charge >= 0.3 is 0 Å². The van der Waals surface area contributed by atoms with Gasteiger partial charge in [0.25, 0.3) is 5.69 Å². The monoisotopic (exact) mass is 308 g/mol. The highest BCUT2D eigenvalue weighted by atomic mass is 32.1. The number of rotatable bonds is 2. The number of anilines is 1. The maximum atomic E-state index is 11.0. The van der Waals surface area contributed by atoms with E-state index < -0.39 is 4.92 Å². The van der Waals surface area contributed by atoms with Gasteiger partial charge in [0, 0.05) is 50.9 Å². The maximum absolute atomic E-state index is 11.0. The Labute approximate surface area is 127 Å². The Morgan fingerprint density at radius 1 is 1.24 bits per heavy atom. The molecule has 0 spiro atoms. The first kappa shape index (κ1) is 15.2. The summed E-state index contributed by atoms with van der Waals surface area (Å²) in [7, 11) is 0. The number of thiocarbonyl (C=S) groups is 1. The maximum Gasteiger partial charge on any atom is 0.269 e. The van der Waals surface area contributed by atoms with E-state index in [0.717, 1.165) is 18.8 Å². The molecule has 1 fully saturated rings. The van der Waals surface area contributed by atoms with E-state index in [9.17, 15) is 14.9 Å². The molecule has 1 amide bonds. The third kappa shape index (κ3) is 3.88. The summed E-state index contributed by atoms with van der Waals surface area (Å²) in [6.07, 6.45) is 0. The quantitative estimate of drug-likeness (QED) is 0.501. The van der Waals surface area contributed by atoms with Crippen molar-refractivity contribution in [3.63, 3.8) is 0 Å². The third-order valence-corrected chi connectivity index (χ3v) is 3.64. The van der Waals surface area contributed by atoms with Gasteiger partial charge in [0.15, 0.2) is 5.11 Å². The second kappa shape index (κ2) is 6.49. The Balaban J connectivity index is 1.93. The van der Waals surface area contributed by atoms with Crippen LogP contribution in [0.1, 0.15) is 6.92 Å². The van der Waals surface area contributed by atoms with E-state index in [1.807, 2.05) is 4.90 Å². The number of nitro groups is 1. The van der Waals surface area contributed by atoms with Crippen LogP contribution in [-0.4, -0.2) is 47.0 Å². The average molecular weight is 308 g/mol. The molecule has 112 valence electrons. The molecule has 1 saturated heterocycles. The standard InChI is InChI=1S/C13H16N4O3S/c1-10(18)14-13(21)16-8-6-15(7-9-16)11-2-4-12(5-3-11)17(19)20/h2-5H,6-9H2,1H3,(H,14,18,21). The van der Waals surface area contributed by atoms with E-state index in [1.165, 1.54) is 19.1 Å². The minimum atomic E-state index is -0.409. The lowest BCUT2D eigenvalue weighted by Crippen LogP contribution is -2.52. The van der Waals surface area contributed by atoms with Crippen molar-refractivity contribution < 1.29 is 9.72 Å². The molecule has 0 aromatic heterocycles. The molecule has 1 aromatic rings. The van der Waals surface area contributed by atoms with Gasteiger partial charge in [-0.1, -0.05) is 0 Å². The minimum absolute atomic E-state index is 0.0872. The number of hydrogen-bond acceptors (Lipinski definition) is 5. The van der Waals surface area contributed by atoms with Crippen LogP contribution in [0.5, 0.6) is 0 Å². The summed E-state index contributed by atoms with van der Waals surface area (Å²) in [5, 5.41) is 13.7. The highest BCUT2D eigenvalue weighted by Gasteiger charge is 2.20. The van der Waals surface area contributed by atoms with E-state index in [-0.39, 0.29) is 11.6 Å². The number of amides is 1. The van der Waals surface area contributed by atoms with E-state index in [0.29, 0.717) is 18.2 Å². The zero-order chi connectivity index (χ0) is 15.4. The van der Waals surface area contributed by atoms with Crippen LogP contribution in [0.3, 0.4) is 0 Å². The molecule has 0 unspecified atom stereocenters. The SMILES string of the molecule is CC(=O)NC(=S)N1CCN(c2ccc([N+](=O)[O-])cc2)CC1. The van der Waals surface area contributed by atoms with Crippen LogP contribution in [0, 0.1) is 10.1 Å². The molecule has 0 bridgehead atoms. The first-order valence-corrected chi connectivity index (χ1v) is 6.94. The molecule has 1 heterocycles. The average Bonchev–Trinajstić information content (AvgIpc) is 2.47. The lowest BCUT2D eigenvalue weighted by atomic mass is 10.2. The van der Waals surface area contributed by atoms with Gasteiger partial charge in [-0.15, -0.1) is 0 Å². The summed E-state index contributed by atoms with van der Waals surface area (Å²) in [6.45, 7) is 4.33. The number of piperazine rings is 1. The largest absolute Gasteiger partial charge is 0.368 e. The van der Waals surface area contributed by atoms with Crippen LogP contribution in [-0.2, 0) is 4.79 Å². The van der Waals surface area contributed by atoms with E-state index in [2.05, 4.69) is 10.2 Å². The Morgan fingerprint density at radius 2 is 1.81 bits per heavy atom. The number of nitro benzene ring substituents is 1. The van der Waals surface area contributed by atoms with Crippen molar-refractivity contribution in [2.45, 2.75) is 6.92 Å². The Bertz CT molecular complexity index is 553. The van der Waals surface area contributed by atoms with E-state index in [1.54, 1.807) is 12.1 Å². The molecular weight excluding hydrogens is 292 g/mol. The molecule has 1 aromatic carbocycles. The van der Waals surface area contributed by atoms with Gasteiger partial charge in [0.1, 0.15) is 0 Å². The highest BCUT2D eigenvalue weighted by Crippen LogP contribution is 2.20. The van der Waals surface area contributed by atoms with Gasteiger partial charge in [-0.2, -0.15) is 0 Å². The number of benzene rings is 1. The smallest absolute Gasteiger partial charge is 0.269 e.